The van der Waals surface area contributed by atoms with E-state index in [1.165, 1.54) is 30.9 Å². The lowest BCUT2D eigenvalue weighted by Gasteiger charge is -2.12. The number of nitrogens with zero attached hydrogens (tertiary/aromatic N) is 3. The van der Waals surface area contributed by atoms with Crippen molar-refractivity contribution in [3.05, 3.63) is 152 Å². The molecule has 0 aliphatic rings. The second kappa shape index (κ2) is 10.5. The zero-order valence-corrected chi connectivity index (χ0v) is 25.0. The van der Waals surface area contributed by atoms with Crippen molar-refractivity contribution in [1.82, 2.24) is 15.0 Å². The van der Waals surface area contributed by atoms with Crippen LogP contribution in [0.1, 0.15) is 0 Å². The topological polar surface area (TPSA) is 38.7 Å². The average Bonchev–Trinajstić information content (AvgIpc) is 3.50. The highest BCUT2D eigenvalue weighted by atomic mass is 32.1. The summed E-state index contributed by atoms with van der Waals surface area (Å²) >= 11 is 1.84. The predicted octanol–water partition coefficient (Wildman–Crippen LogP) is 11.2. The van der Waals surface area contributed by atoms with Crippen LogP contribution in [0.15, 0.2) is 152 Å². The summed E-state index contributed by atoms with van der Waals surface area (Å²) in [5.74, 6) is 0.720. The monoisotopic (exact) mass is 591 g/mol. The molecule has 0 bridgehead atoms. The van der Waals surface area contributed by atoms with Crippen LogP contribution in [0.4, 0.5) is 0 Å². The van der Waals surface area contributed by atoms with Gasteiger partial charge in [-0.2, -0.15) is 0 Å². The third kappa shape index (κ3) is 4.38. The third-order valence-electron chi connectivity index (χ3n) is 8.47. The van der Waals surface area contributed by atoms with Crippen molar-refractivity contribution < 1.29 is 0 Å². The zero-order chi connectivity index (χ0) is 29.7. The fourth-order valence-electron chi connectivity index (χ4n) is 6.35. The van der Waals surface area contributed by atoms with Crippen LogP contribution in [-0.4, -0.2) is 15.0 Å². The van der Waals surface area contributed by atoms with Gasteiger partial charge in [-0.25, -0.2) is 15.0 Å². The standard InChI is InChI=1S/C41H25N3S/c1-4-12-26(13-5-1)34-25-35(44-41(43-34)28-16-8-3-9-17-28)29-20-22-36-32(24-29)39-37(45-36)23-21-31-38(39)30-18-10-11-19-33(30)42-40(31)27-14-6-2-7-15-27/h1-25H. The molecule has 9 aromatic rings. The van der Waals surface area contributed by atoms with Gasteiger partial charge in [0, 0.05) is 58.6 Å². The summed E-state index contributed by atoms with van der Waals surface area (Å²) in [6.45, 7) is 0. The highest BCUT2D eigenvalue weighted by molar-refractivity contribution is 7.26. The summed E-state index contributed by atoms with van der Waals surface area (Å²) in [5, 5.41) is 6.08. The van der Waals surface area contributed by atoms with Crippen LogP contribution in [0, 0.1) is 0 Å². The van der Waals surface area contributed by atoms with Crippen molar-refractivity contribution in [2.75, 3.05) is 0 Å². The number of thiophene rings is 1. The van der Waals surface area contributed by atoms with E-state index in [1.54, 1.807) is 0 Å². The van der Waals surface area contributed by atoms with Crippen LogP contribution in [0.25, 0.3) is 87.0 Å². The van der Waals surface area contributed by atoms with Gasteiger partial charge >= 0.3 is 0 Å². The smallest absolute Gasteiger partial charge is 0.160 e. The lowest BCUT2D eigenvalue weighted by molar-refractivity contribution is 1.18. The first-order chi connectivity index (χ1) is 22.3. The Bertz CT molecular complexity index is 2460. The Kier molecular flexibility index (Phi) is 6.00. The van der Waals surface area contributed by atoms with Gasteiger partial charge in [-0.3, -0.25) is 0 Å². The van der Waals surface area contributed by atoms with E-state index in [1.807, 2.05) is 35.6 Å². The molecule has 0 N–H and O–H groups in total. The maximum absolute atomic E-state index is 5.17. The minimum absolute atomic E-state index is 0.720. The van der Waals surface area contributed by atoms with Gasteiger partial charge in [0.15, 0.2) is 5.82 Å². The molecule has 210 valence electrons. The van der Waals surface area contributed by atoms with Gasteiger partial charge < -0.3 is 0 Å². The number of hydrogen-bond acceptors (Lipinski definition) is 4. The fraction of sp³-hybridized carbons (Fsp3) is 0. The number of fused-ring (bicyclic) bond motifs is 7. The van der Waals surface area contributed by atoms with Gasteiger partial charge in [0.2, 0.25) is 0 Å². The van der Waals surface area contributed by atoms with E-state index in [0.29, 0.717) is 0 Å². The molecule has 3 aromatic heterocycles. The Morgan fingerprint density at radius 2 is 1.00 bits per heavy atom. The summed E-state index contributed by atoms with van der Waals surface area (Å²) in [7, 11) is 0. The van der Waals surface area contributed by atoms with E-state index in [-0.39, 0.29) is 0 Å². The molecule has 0 atom stereocenters. The maximum Gasteiger partial charge on any atom is 0.160 e. The van der Waals surface area contributed by atoms with Crippen molar-refractivity contribution in [1.29, 1.82) is 0 Å². The molecule has 0 radical (unpaired) electrons. The first kappa shape index (κ1) is 25.8. The fourth-order valence-corrected chi connectivity index (χ4v) is 7.45. The van der Waals surface area contributed by atoms with Crippen LogP contribution in [0.5, 0.6) is 0 Å². The lowest BCUT2D eigenvalue weighted by Crippen LogP contribution is -1.95. The molecule has 0 aliphatic heterocycles. The molecule has 0 unspecified atom stereocenters. The molecule has 45 heavy (non-hydrogen) atoms. The quantitative estimate of drug-likeness (QED) is 0.191. The van der Waals surface area contributed by atoms with Gasteiger partial charge in [-0.1, -0.05) is 121 Å². The third-order valence-corrected chi connectivity index (χ3v) is 9.60. The Morgan fingerprint density at radius 3 is 1.76 bits per heavy atom. The van der Waals surface area contributed by atoms with Gasteiger partial charge in [-0.15, -0.1) is 11.3 Å². The van der Waals surface area contributed by atoms with Crippen LogP contribution < -0.4 is 0 Å². The van der Waals surface area contributed by atoms with Gasteiger partial charge in [0.05, 0.1) is 22.6 Å². The number of para-hydroxylation sites is 1. The lowest BCUT2D eigenvalue weighted by atomic mass is 9.95. The predicted molar refractivity (Wildman–Crippen MR) is 189 cm³/mol. The van der Waals surface area contributed by atoms with E-state index in [9.17, 15) is 0 Å². The van der Waals surface area contributed by atoms with E-state index in [4.69, 9.17) is 15.0 Å². The summed E-state index contributed by atoms with van der Waals surface area (Å²) in [5.41, 5.74) is 8.08. The van der Waals surface area contributed by atoms with E-state index < -0.39 is 0 Å². The first-order valence-corrected chi connectivity index (χ1v) is 15.9. The summed E-state index contributed by atoms with van der Waals surface area (Å²) in [4.78, 5) is 15.3. The summed E-state index contributed by atoms with van der Waals surface area (Å²) in [6.07, 6.45) is 0. The zero-order valence-electron chi connectivity index (χ0n) is 24.2. The van der Waals surface area contributed by atoms with Crippen LogP contribution in [0.2, 0.25) is 0 Å². The molecule has 0 aliphatic carbocycles. The van der Waals surface area contributed by atoms with Crippen LogP contribution in [-0.2, 0) is 0 Å². The Balaban J connectivity index is 1.33. The SMILES string of the molecule is c1ccc(-c2cc(-c3ccc4sc5ccc6c(-c7ccccc7)nc7ccccc7c6c5c4c3)nc(-c3ccccc3)n2)cc1. The minimum Gasteiger partial charge on any atom is -0.247 e. The van der Waals surface area contributed by atoms with Gasteiger partial charge in [0.25, 0.3) is 0 Å². The van der Waals surface area contributed by atoms with Crippen molar-refractivity contribution in [2.24, 2.45) is 0 Å². The second-order valence-corrected chi connectivity index (χ2v) is 12.3. The second-order valence-electron chi connectivity index (χ2n) is 11.2. The molecular weight excluding hydrogens is 567 g/mol. The molecule has 0 fully saturated rings. The van der Waals surface area contributed by atoms with Crippen molar-refractivity contribution in [3.8, 4) is 45.2 Å². The van der Waals surface area contributed by atoms with E-state index in [0.717, 1.165) is 56.1 Å². The molecule has 0 saturated carbocycles. The highest BCUT2D eigenvalue weighted by Gasteiger charge is 2.18. The molecule has 0 saturated heterocycles. The largest absolute Gasteiger partial charge is 0.247 e. The number of rotatable bonds is 4. The molecule has 6 aromatic carbocycles. The molecular formula is C41H25N3S. The number of hydrogen-bond donors (Lipinski definition) is 0. The number of pyridine rings is 1. The minimum atomic E-state index is 0.720. The van der Waals surface area contributed by atoms with Gasteiger partial charge in [-0.05, 0) is 30.3 Å². The number of benzene rings is 6. The van der Waals surface area contributed by atoms with Gasteiger partial charge in [0.1, 0.15) is 0 Å². The van der Waals surface area contributed by atoms with E-state index in [2.05, 4.69) is 127 Å². The molecule has 3 heterocycles. The van der Waals surface area contributed by atoms with E-state index >= 15 is 0 Å². The van der Waals surface area contributed by atoms with Crippen LogP contribution >= 0.6 is 11.3 Å². The van der Waals surface area contributed by atoms with Crippen molar-refractivity contribution in [2.45, 2.75) is 0 Å². The molecule has 0 spiro atoms. The normalized spacial score (nSPS) is 11.6. The average molecular weight is 592 g/mol. The summed E-state index contributed by atoms with van der Waals surface area (Å²) < 4.78 is 2.52. The summed E-state index contributed by atoms with van der Waals surface area (Å²) in [6, 6.07) is 53.0. The molecule has 9 rings (SSSR count). The number of aromatic nitrogens is 3. The first-order valence-electron chi connectivity index (χ1n) is 15.0. The van der Waals surface area contributed by atoms with Crippen molar-refractivity contribution >= 4 is 53.2 Å². The molecule has 0 amide bonds. The van der Waals surface area contributed by atoms with Crippen molar-refractivity contribution in [3.63, 3.8) is 0 Å². The highest BCUT2D eigenvalue weighted by Crippen LogP contribution is 2.44. The molecule has 4 heteroatoms. The maximum atomic E-state index is 5.17. The Labute approximate surface area is 264 Å². The Hall–Kier alpha value is -5.71. The molecule has 3 nitrogen and oxygen atoms in total. The van der Waals surface area contributed by atoms with Crippen LogP contribution in [0.3, 0.4) is 0 Å². The Morgan fingerprint density at radius 1 is 0.378 bits per heavy atom.